The molecule has 1 heterocycles. The minimum absolute atomic E-state index is 0.226. The van der Waals surface area contributed by atoms with Crippen LogP contribution in [-0.2, 0) is 0 Å². The number of halogens is 1. The van der Waals surface area contributed by atoms with Gasteiger partial charge in [-0.05, 0) is 24.6 Å². The second kappa shape index (κ2) is 5.45. The molecular weight excluding hydrogens is 260 g/mol. The highest BCUT2D eigenvalue weighted by atomic mass is 35.5. The van der Waals surface area contributed by atoms with Gasteiger partial charge in [-0.3, -0.25) is 0 Å². The van der Waals surface area contributed by atoms with E-state index in [4.69, 9.17) is 17.3 Å². The monoisotopic (exact) mass is 276 g/mol. The number of hydrogen-bond donors (Lipinski definition) is 2. The Bertz CT molecular complexity index is 596. The van der Waals surface area contributed by atoms with Crippen LogP contribution in [0.2, 0.25) is 5.02 Å². The number of nitrogen functional groups attached to an aromatic ring is 1. The molecule has 0 spiro atoms. The molecule has 5 heteroatoms. The first-order valence-corrected chi connectivity index (χ1v) is 6.51. The van der Waals surface area contributed by atoms with Crippen LogP contribution in [-0.4, -0.2) is 9.97 Å². The first kappa shape index (κ1) is 13.6. The highest BCUT2D eigenvalue weighted by Crippen LogP contribution is 2.24. The molecule has 0 unspecified atom stereocenters. The van der Waals surface area contributed by atoms with Gasteiger partial charge in [-0.25, -0.2) is 9.97 Å². The van der Waals surface area contributed by atoms with Crippen molar-refractivity contribution in [3.8, 4) is 0 Å². The molecule has 0 saturated carbocycles. The fourth-order valence-electron chi connectivity index (χ4n) is 1.67. The topological polar surface area (TPSA) is 63.8 Å². The summed E-state index contributed by atoms with van der Waals surface area (Å²) in [5.74, 6) is 2.09. The summed E-state index contributed by atoms with van der Waals surface area (Å²) in [4.78, 5) is 8.67. The van der Waals surface area contributed by atoms with Gasteiger partial charge >= 0.3 is 0 Å². The third-order valence-electron chi connectivity index (χ3n) is 2.74. The number of nitrogens with one attached hydrogen (secondary N) is 1. The van der Waals surface area contributed by atoms with Crippen LogP contribution in [0.25, 0.3) is 0 Å². The van der Waals surface area contributed by atoms with Crippen molar-refractivity contribution in [3.05, 3.63) is 40.7 Å². The van der Waals surface area contributed by atoms with E-state index < -0.39 is 0 Å². The van der Waals surface area contributed by atoms with E-state index >= 15 is 0 Å². The Morgan fingerprint density at radius 3 is 2.63 bits per heavy atom. The zero-order valence-corrected chi connectivity index (χ0v) is 12.0. The molecule has 0 aliphatic carbocycles. The van der Waals surface area contributed by atoms with Crippen LogP contribution in [0.4, 0.5) is 17.3 Å². The molecule has 1 aromatic heterocycles. The van der Waals surface area contributed by atoms with Crippen molar-refractivity contribution in [2.45, 2.75) is 26.7 Å². The quantitative estimate of drug-likeness (QED) is 0.893. The average molecular weight is 277 g/mol. The summed E-state index contributed by atoms with van der Waals surface area (Å²) in [6, 6.07) is 7.39. The van der Waals surface area contributed by atoms with Crippen LogP contribution in [0.15, 0.2) is 24.3 Å². The van der Waals surface area contributed by atoms with Crippen molar-refractivity contribution in [1.82, 2.24) is 9.97 Å². The van der Waals surface area contributed by atoms with Crippen molar-refractivity contribution < 1.29 is 0 Å². The van der Waals surface area contributed by atoms with Crippen LogP contribution < -0.4 is 11.1 Å². The smallest absolute Gasteiger partial charge is 0.136 e. The molecule has 3 N–H and O–H groups in total. The Morgan fingerprint density at radius 1 is 1.21 bits per heavy atom. The van der Waals surface area contributed by atoms with Gasteiger partial charge in [0.05, 0.1) is 0 Å². The van der Waals surface area contributed by atoms with Crippen molar-refractivity contribution in [2.75, 3.05) is 11.1 Å². The molecule has 0 amide bonds. The fourth-order valence-corrected chi connectivity index (χ4v) is 1.85. The maximum atomic E-state index is 6.00. The van der Waals surface area contributed by atoms with Gasteiger partial charge in [0, 0.05) is 22.7 Å². The van der Waals surface area contributed by atoms with E-state index in [1.165, 1.54) is 0 Å². The van der Waals surface area contributed by atoms with Gasteiger partial charge in [0.2, 0.25) is 0 Å². The lowest BCUT2D eigenvalue weighted by molar-refractivity contribution is 0.779. The largest absolute Gasteiger partial charge is 0.384 e. The van der Waals surface area contributed by atoms with Crippen molar-refractivity contribution >= 4 is 28.9 Å². The standard InChI is InChI=1S/C14H17ClN4/c1-8(2)14-18-12(16)7-13(19-14)17-11-6-10(15)5-4-9(11)3/h4-8H,1-3H3,(H3,16,17,18,19). The van der Waals surface area contributed by atoms with Crippen LogP contribution in [0.3, 0.4) is 0 Å². The predicted molar refractivity (Wildman–Crippen MR) is 80.0 cm³/mol. The summed E-state index contributed by atoms with van der Waals surface area (Å²) in [7, 11) is 0. The Morgan fingerprint density at radius 2 is 1.95 bits per heavy atom. The van der Waals surface area contributed by atoms with Crippen LogP contribution in [0.1, 0.15) is 31.2 Å². The molecule has 0 aliphatic rings. The van der Waals surface area contributed by atoms with Crippen LogP contribution >= 0.6 is 11.6 Å². The molecule has 0 radical (unpaired) electrons. The summed E-state index contributed by atoms with van der Waals surface area (Å²) in [5, 5.41) is 3.91. The zero-order chi connectivity index (χ0) is 14.0. The van der Waals surface area contributed by atoms with E-state index in [0.29, 0.717) is 16.7 Å². The SMILES string of the molecule is Cc1ccc(Cl)cc1Nc1cc(N)nc(C(C)C)n1. The number of benzene rings is 1. The summed E-state index contributed by atoms with van der Waals surface area (Å²) < 4.78 is 0. The number of nitrogens with two attached hydrogens (primary N) is 1. The van der Waals surface area contributed by atoms with Crippen LogP contribution in [0, 0.1) is 6.92 Å². The van der Waals surface area contributed by atoms with Gasteiger partial charge in [-0.2, -0.15) is 0 Å². The normalized spacial score (nSPS) is 10.8. The summed E-state index contributed by atoms with van der Waals surface area (Å²) in [6.07, 6.45) is 0. The molecule has 0 fully saturated rings. The van der Waals surface area contributed by atoms with Gasteiger partial charge < -0.3 is 11.1 Å². The van der Waals surface area contributed by atoms with Gasteiger partial charge in [0.25, 0.3) is 0 Å². The van der Waals surface area contributed by atoms with E-state index in [9.17, 15) is 0 Å². The van der Waals surface area contributed by atoms with Crippen molar-refractivity contribution in [1.29, 1.82) is 0 Å². The van der Waals surface area contributed by atoms with E-state index in [1.54, 1.807) is 6.07 Å². The lowest BCUT2D eigenvalue weighted by atomic mass is 10.2. The van der Waals surface area contributed by atoms with Crippen molar-refractivity contribution in [2.24, 2.45) is 0 Å². The molecule has 100 valence electrons. The first-order valence-electron chi connectivity index (χ1n) is 6.13. The number of aromatic nitrogens is 2. The second-order valence-electron chi connectivity index (χ2n) is 4.78. The Kier molecular flexibility index (Phi) is 3.90. The Hall–Kier alpha value is -1.81. The molecule has 0 bridgehead atoms. The number of aryl methyl sites for hydroxylation is 1. The zero-order valence-electron chi connectivity index (χ0n) is 11.2. The lowest BCUT2D eigenvalue weighted by Gasteiger charge is -2.12. The number of nitrogens with zero attached hydrogens (tertiary/aromatic N) is 2. The summed E-state index contributed by atoms with van der Waals surface area (Å²) >= 11 is 6.00. The Labute approximate surface area is 118 Å². The second-order valence-corrected chi connectivity index (χ2v) is 5.21. The number of anilines is 3. The van der Waals surface area contributed by atoms with E-state index in [0.717, 1.165) is 17.1 Å². The molecule has 2 rings (SSSR count). The molecule has 0 saturated heterocycles. The van der Waals surface area contributed by atoms with Gasteiger partial charge in [-0.15, -0.1) is 0 Å². The molecule has 19 heavy (non-hydrogen) atoms. The minimum atomic E-state index is 0.226. The maximum Gasteiger partial charge on any atom is 0.136 e. The fraction of sp³-hybridized carbons (Fsp3) is 0.286. The third kappa shape index (κ3) is 3.35. The molecule has 0 aliphatic heterocycles. The van der Waals surface area contributed by atoms with Gasteiger partial charge in [0.1, 0.15) is 17.5 Å². The summed E-state index contributed by atoms with van der Waals surface area (Å²) in [6.45, 7) is 6.07. The molecule has 1 aromatic carbocycles. The molecular formula is C14H17ClN4. The molecule has 0 atom stereocenters. The van der Waals surface area contributed by atoms with Crippen LogP contribution in [0.5, 0.6) is 0 Å². The summed E-state index contributed by atoms with van der Waals surface area (Å²) in [5.41, 5.74) is 7.81. The lowest BCUT2D eigenvalue weighted by Crippen LogP contribution is -2.05. The predicted octanol–water partition coefficient (Wildman–Crippen LogP) is 3.89. The van der Waals surface area contributed by atoms with E-state index in [-0.39, 0.29) is 5.92 Å². The highest BCUT2D eigenvalue weighted by Gasteiger charge is 2.08. The van der Waals surface area contributed by atoms with Gasteiger partial charge in [0.15, 0.2) is 0 Å². The van der Waals surface area contributed by atoms with E-state index in [2.05, 4.69) is 15.3 Å². The number of rotatable bonds is 3. The first-order chi connectivity index (χ1) is 8.95. The third-order valence-corrected chi connectivity index (χ3v) is 2.98. The highest BCUT2D eigenvalue weighted by molar-refractivity contribution is 6.30. The molecule has 2 aromatic rings. The van der Waals surface area contributed by atoms with Gasteiger partial charge in [-0.1, -0.05) is 31.5 Å². The maximum absolute atomic E-state index is 6.00. The van der Waals surface area contributed by atoms with E-state index in [1.807, 2.05) is 39.0 Å². The molecule has 4 nitrogen and oxygen atoms in total. The minimum Gasteiger partial charge on any atom is -0.384 e. The average Bonchev–Trinajstić information content (AvgIpc) is 2.33. The Balaban J connectivity index is 2.35. The van der Waals surface area contributed by atoms with Crippen molar-refractivity contribution in [3.63, 3.8) is 0 Å². The number of hydrogen-bond acceptors (Lipinski definition) is 4.